The first-order chi connectivity index (χ1) is 14.9. The summed E-state index contributed by atoms with van der Waals surface area (Å²) in [4.78, 5) is 15.0. The minimum Gasteiger partial charge on any atom is -0.382 e. The normalized spacial score (nSPS) is 28.2. The number of rotatable bonds is 5. The van der Waals surface area contributed by atoms with Crippen molar-refractivity contribution in [2.75, 3.05) is 25.5 Å². The van der Waals surface area contributed by atoms with Crippen LogP contribution >= 0.6 is 0 Å². The van der Waals surface area contributed by atoms with Crippen molar-refractivity contribution >= 4 is 11.6 Å². The molecule has 0 bridgehead atoms. The van der Waals surface area contributed by atoms with E-state index >= 15 is 0 Å². The van der Waals surface area contributed by atoms with Crippen LogP contribution < -0.4 is 10.6 Å². The number of nitrogens with one attached hydrogen (secondary N) is 2. The minimum atomic E-state index is 0.204. The van der Waals surface area contributed by atoms with Crippen molar-refractivity contribution in [2.45, 2.75) is 96.1 Å². The van der Waals surface area contributed by atoms with Gasteiger partial charge in [0.15, 0.2) is 0 Å². The van der Waals surface area contributed by atoms with Gasteiger partial charge in [0.1, 0.15) is 0 Å². The first-order valence-corrected chi connectivity index (χ1v) is 12.7. The lowest BCUT2D eigenvalue weighted by atomic mass is 9.71. The highest BCUT2D eigenvalue weighted by Gasteiger charge is 2.29. The molecule has 4 nitrogen and oxygen atoms in total. The average molecular weight is 426 g/mol. The van der Waals surface area contributed by atoms with Gasteiger partial charge in [-0.05, 0) is 113 Å². The molecule has 2 aliphatic carbocycles. The van der Waals surface area contributed by atoms with Crippen LogP contribution in [0.5, 0.6) is 0 Å². The van der Waals surface area contributed by atoms with Crippen molar-refractivity contribution in [1.29, 1.82) is 0 Å². The second kappa shape index (κ2) is 9.94. The highest BCUT2D eigenvalue weighted by molar-refractivity contribution is 5.79. The van der Waals surface area contributed by atoms with Gasteiger partial charge >= 0.3 is 0 Å². The smallest absolute Gasteiger partial charge is 0.223 e. The molecule has 31 heavy (non-hydrogen) atoms. The maximum Gasteiger partial charge on any atom is 0.223 e. The Hall–Kier alpha value is -1.55. The number of piperidine rings is 1. The molecule has 1 aromatic rings. The molecule has 0 aromatic heterocycles. The number of amides is 1. The summed E-state index contributed by atoms with van der Waals surface area (Å²) in [5.41, 5.74) is 3.27. The van der Waals surface area contributed by atoms with Gasteiger partial charge in [0.25, 0.3) is 0 Å². The fraction of sp³-hybridized carbons (Fsp3) is 0.741. The van der Waals surface area contributed by atoms with Crippen molar-refractivity contribution in [3.05, 3.63) is 29.8 Å². The molecule has 3 fully saturated rings. The first-order valence-electron chi connectivity index (χ1n) is 12.7. The largest absolute Gasteiger partial charge is 0.382 e. The topological polar surface area (TPSA) is 44.4 Å². The first kappa shape index (κ1) is 22.6. The molecule has 0 unspecified atom stereocenters. The molecule has 4 rings (SSSR count). The number of nitrogens with zero attached hydrogens (tertiary/aromatic N) is 1. The van der Waals surface area contributed by atoms with Crippen LogP contribution in [0.4, 0.5) is 5.69 Å². The third kappa shape index (κ3) is 6.25. The van der Waals surface area contributed by atoms with E-state index in [9.17, 15) is 4.79 Å². The molecule has 1 aliphatic heterocycles. The SMILES string of the molecule is CN1CCC(NC(=O)C2CCC(Nc3ccc(C4CCC(C)(C)CC4)cc3)CC2)CC1. The fourth-order valence-corrected chi connectivity index (χ4v) is 5.79. The summed E-state index contributed by atoms with van der Waals surface area (Å²) in [5, 5.41) is 7.06. The molecule has 4 heteroatoms. The molecule has 1 aromatic carbocycles. The van der Waals surface area contributed by atoms with E-state index in [4.69, 9.17) is 0 Å². The van der Waals surface area contributed by atoms with E-state index in [0.717, 1.165) is 57.5 Å². The number of hydrogen-bond donors (Lipinski definition) is 2. The van der Waals surface area contributed by atoms with Crippen LogP contribution in [0.3, 0.4) is 0 Å². The lowest BCUT2D eigenvalue weighted by Gasteiger charge is -2.34. The van der Waals surface area contributed by atoms with Crippen molar-refractivity contribution in [3.63, 3.8) is 0 Å². The summed E-state index contributed by atoms with van der Waals surface area (Å²) in [6.07, 6.45) is 11.7. The van der Waals surface area contributed by atoms with E-state index in [-0.39, 0.29) is 5.92 Å². The van der Waals surface area contributed by atoms with Gasteiger partial charge in [-0.3, -0.25) is 4.79 Å². The molecule has 0 radical (unpaired) electrons. The molecular weight excluding hydrogens is 382 g/mol. The van der Waals surface area contributed by atoms with Crippen LogP contribution in [0.15, 0.2) is 24.3 Å². The Morgan fingerprint density at radius 1 is 0.871 bits per heavy atom. The summed E-state index contributed by atoms with van der Waals surface area (Å²) in [6.45, 7) is 7.00. The van der Waals surface area contributed by atoms with Gasteiger partial charge in [-0.15, -0.1) is 0 Å². The Morgan fingerprint density at radius 3 is 2.10 bits per heavy atom. The molecule has 2 N–H and O–H groups in total. The zero-order valence-electron chi connectivity index (χ0n) is 20.0. The lowest BCUT2D eigenvalue weighted by Crippen LogP contribution is -2.46. The van der Waals surface area contributed by atoms with Crippen LogP contribution in [0.25, 0.3) is 0 Å². The Balaban J connectivity index is 1.20. The summed E-state index contributed by atoms with van der Waals surface area (Å²) in [7, 11) is 2.16. The maximum absolute atomic E-state index is 12.7. The molecule has 0 atom stereocenters. The molecule has 0 spiro atoms. The molecule has 1 amide bonds. The van der Waals surface area contributed by atoms with E-state index in [1.54, 1.807) is 0 Å². The number of hydrogen-bond acceptors (Lipinski definition) is 3. The molecule has 3 aliphatic rings. The molecule has 1 saturated heterocycles. The summed E-state index contributed by atoms with van der Waals surface area (Å²) < 4.78 is 0. The van der Waals surface area contributed by atoms with Gasteiger partial charge in [0.05, 0.1) is 0 Å². The molecule has 1 heterocycles. The highest BCUT2D eigenvalue weighted by atomic mass is 16.1. The zero-order chi connectivity index (χ0) is 21.8. The second-order valence-corrected chi connectivity index (χ2v) is 11.3. The van der Waals surface area contributed by atoms with Crippen LogP contribution in [0.1, 0.15) is 89.5 Å². The maximum atomic E-state index is 12.7. The van der Waals surface area contributed by atoms with Crippen LogP contribution in [0.2, 0.25) is 0 Å². The number of anilines is 1. The predicted molar refractivity (Wildman–Crippen MR) is 129 cm³/mol. The monoisotopic (exact) mass is 425 g/mol. The number of carbonyl (C=O) groups is 1. The fourth-order valence-electron chi connectivity index (χ4n) is 5.79. The van der Waals surface area contributed by atoms with Crippen LogP contribution in [-0.2, 0) is 4.79 Å². The number of benzene rings is 1. The Labute approximate surface area is 189 Å². The predicted octanol–water partition coefficient (Wildman–Crippen LogP) is 5.55. The molecule has 172 valence electrons. The Kier molecular flexibility index (Phi) is 7.26. The summed E-state index contributed by atoms with van der Waals surface area (Å²) >= 11 is 0. The quantitative estimate of drug-likeness (QED) is 0.650. The van der Waals surface area contributed by atoms with Gasteiger partial charge in [0.2, 0.25) is 5.91 Å². The van der Waals surface area contributed by atoms with E-state index in [1.807, 2.05) is 0 Å². The van der Waals surface area contributed by atoms with Gasteiger partial charge in [-0.2, -0.15) is 0 Å². The molecule has 2 saturated carbocycles. The van der Waals surface area contributed by atoms with Crippen LogP contribution in [-0.4, -0.2) is 43.0 Å². The third-order valence-corrected chi connectivity index (χ3v) is 8.25. The van der Waals surface area contributed by atoms with Gasteiger partial charge in [-0.25, -0.2) is 0 Å². The minimum absolute atomic E-state index is 0.204. The lowest BCUT2D eigenvalue weighted by molar-refractivity contribution is -0.127. The highest BCUT2D eigenvalue weighted by Crippen LogP contribution is 2.42. The van der Waals surface area contributed by atoms with Crippen LogP contribution in [0, 0.1) is 11.3 Å². The van der Waals surface area contributed by atoms with Gasteiger partial charge in [-0.1, -0.05) is 26.0 Å². The van der Waals surface area contributed by atoms with Crippen molar-refractivity contribution in [1.82, 2.24) is 10.2 Å². The zero-order valence-corrected chi connectivity index (χ0v) is 20.0. The third-order valence-electron chi connectivity index (χ3n) is 8.25. The second-order valence-electron chi connectivity index (χ2n) is 11.3. The van der Waals surface area contributed by atoms with E-state index in [0.29, 0.717) is 23.4 Å². The number of likely N-dealkylation sites (tertiary alicyclic amines) is 1. The summed E-state index contributed by atoms with van der Waals surface area (Å²) in [5.74, 6) is 1.24. The average Bonchev–Trinajstić information content (AvgIpc) is 2.76. The van der Waals surface area contributed by atoms with Crippen molar-refractivity contribution < 1.29 is 4.79 Å². The van der Waals surface area contributed by atoms with Gasteiger partial charge in [0, 0.05) is 23.7 Å². The number of carbonyl (C=O) groups excluding carboxylic acids is 1. The van der Waals surface area contributed by atoms with E-state index in [1.165, 1.54) is 36.9 Å². The van der Waals surface area contributed by atoms with E-state index < -0.39 is 0 Å². The van der Waals surface area contributed by atoms with Gasteiger partial charge < -0.3 is 15.5 Å². The van der Waals surface area contributed by atoms with E-state index in [2.05, 4.69) is 60.7 Å². The molecular formula is C27H43N3O. The standard InChI is InChI=1S/C27H43N3O/c1-27(2)16-12-21(13-17-27)20-4-8-23(9-5-20)28-24-10-6-22(7-11-24)26(31)29-25-14-18-30(3)19-15-25/h4-5,8-9,21-22,24-25,28H,6-7,10-19H2,1-3H3,(H,29,31). The van der Waals surface area contributed by atoms with Crippen molar-refractivity contribution in [3.8, 4) is 0 Å². The van der Waals surface area contributed by atoms with Crippen molar-refractivity contribution in [2.24, 2.45) is 11.3 Å². The summed E-state index contributed by atoms with van der Waals surface area (Å²) in [6, 6.07) is 10.1. The Morgan fingerprint density at radius 2 is 1.48 bits per heavy atom. The Bertz CT molecular complexity index is 703.